The van der Waals surface area contributed by atoms with Gasteiger partial charge in [-0.2, -0.15) is 0 Å². The zero-order valence-corrected chi connectivity index (χ0v) is 12.2. The van der Waals surface area contributed by atoms with Crippen molar-refractivity contribution >= 4 is 22.6 Å². The van der Waals surface area contributed by atoms with Crippen molar-refractivity contribution in [1.82, 2.24) is 4.98 Å². The van der Waals surface area contributed by atoms with Crippen LogP contribution in [0.2, 0.25) is 0 Å². The van der Waals surface area contributed by atoms with Crippen LogP contribution in [0.3, 0.4) is 0 Å². The zero-order valence-electron chi connectivity index (χ0n) is 12.2. The van der Waals surface area contributed by atoms with E-state index in [4.69, 9.17) is 0 Å². The summed E-state index contributed by atoms with van der Waals surface area (Å²) in [6.45, 7) is 3.04. The monoisotopic (exact) mass is 284 g/mol. The maximum Gasteiger partial charge on any atom is 0.339 e. The third-order valence-corrected chi connectivity index (χ3v) is 4.81. The standard InChI is InChI=1S/C17H20N2O2/c1-2-17(8-5-9-17)11-19-15-12-6-3-4-7-14(12)18-10-13(15)16(20)21/h3-4,6-7,10H,2,5,8-9,11H2,1H3,(H,18,19)(H,20,21). The van der Waals surface area contributed by atoms with E-state index in [1.165, 1.54) is 25.5 Å². The molecule has 21 heavy (non-hydrogen) atoms. The first-order valence-electron chi connectivity index (χ1n) is 7.50. The summed E-state index contributed by atoms with van der Waals surface area (Å²) in [4.78, 5) is 15.7. The quantitative estimate of drug-likeness (QED) is 0.873. The van der Waals surface area contributed by atoms with E-state index in [1.54, 1.807) is 0 Å². The first-order chi connectivity index (χ1) is 10.2. The Balaban J connectivity index is 1.98. The summed E-state index contributed by atoms with van der Waals surface area (Å²) in [5, 5.41) is 13.7. The molecule has 0 unspecified atom stereocenters. The summed E-state index contributed by atoms with van der Waals surface area (Å²) in [6, 6.07) is 7.67. The summed E-state index contributed by atoms with van der Waals surface area (Å²) in [6.07, 6.45) is 6.31. The number of aromatic carboxylic acids is 1. The van der Waals surface area contributed by atoms with Crippen molar-refractivity contribution in [3.8, 4) is 0 Å². The molecule has 1 aromatic carbocycles. The van der Waals surface area contributed by atoms with E-state index in [0.29, 0.717) is 11.1 Å². The number of nitrogens with one attached hydrogen (secondary N) is 1. The van der Waals surface area contributed by atoms with Crippen molar-refractivity contribution in [3.05, 3.63) is 36.0 Å². The Hall–Kier alpha value is -2.10. The van der Waals surface area contributed by atoms with Gasteiger partial charge in [-0.1, -0.05) is 31.5 Å². The topological polar surface area (TPSA) is 62.2 Å². The Morgan fingerprint density at radius 3 is 2.76 bits per heavy atom. The van der Waals surface area contributed by atoms with E-state index in [9.17, 15) is 9.90 Å². The number of anilines is 1. The molecule has 0 spiro atoms. The average molecular weight is 284 g/mol. The Bertz CT molecular complexity index is 672. The summed E-state index contributed by atoms with van der Waals surface area (Å²) in [5.74, 6) is -0.935. The van der Waals surface area contributed by atoms with E-state index in [1.807, 2.05) is 24.3 Å². The fourth-order valence-corrected chi connectivity index (χ4v) is 3.10. The summed E-state index contributed by atoms with van der Waals surface area (Å²) < 4.78 is 0. The maximum atomic E-state index is 11.5. The molecule has 3 rings (SSSR count). The first-order valence-corrected chi connectivity index (χ1v) is 7.50. The number of hydrogen-bond acceptors (Lipinski definition) is 3. The van der Waals surface area contributed by atoms with Crippen molar-refractivity contribution in [3.63, 3.8) is 0 Å². The molecule has 1 aliphatic rings. The Kier molecular flexibility index (Phi) is 3.53. The van der Waals surface area contributed by atoms with Gasteiger partial charge >= 0.3 is 5.97 Å². The number of hydrogen-bond donors (Lipinski definition) is 2. The molecule has 0 radical (unpaired) electrons. The summed E-state index contributed by atoms with van der Waals surface area (Å²) in [7, 11) is 0. The van der Waals surface area contributed by atoms with E-state index >= 15 is 0 Å². The highest BCUT2D eigenvalue weighted by Crippen LogP contribution is 2.44. The molecule has 1 saturated carbocycles. The van der Waals surface area contributed by atoms with Crippen molar-refractivity contribution in [1.29, 1.82) is 0 Å². The molecule has 4 nitrogen and oxygen atoms in total. The number of pyridine rings is 1. The number of carboxylic acids is 1. The third-order valence-electron chi connectivity index (χ3n) is 4.81. The van der Waals surface area contributed by atoms with Crippen LogP contribution in [0, 0.1) is 5.41 Å². The Morgan fingerprint density at radius 1 is 1.38 bits per heavy atom. The van der Waals surface area contributed by atoms with Crippen molar-refractivity contribution in [2.24, 2.45) is 5.41 Å². The molecule has 2 N–H and O–H groups in total. The van der Waals surface area contributed by atoms with Crippen LogP contribution in [-0.2, 0) is 0 Å². The average Bonchev–Trinajstić information content (AvgIpc) is 2.46. The number of nitrogens with zero attached hydrogens (tertiary/aromatic N) is 1. The predicted molar refractivity (Wildman–Crippen MR) is 83.8 cm³/mol. The van der Waals surface area contributed by atoms with Crippen molar-refractivity contribution in [2.45, 2.75) is 32.6 Å². The van der Waals surface area contributed by atoms with Gasteiger partial charge in [0.25, 0.3) is 0 Å². The molecule has 1 heterocycles. The van der Waals surface area contributed by atoms with Crippen molar-refractivity contribution < 1.29 is 9.90 Å². The molecule has 2 aromatic rings. The molecular weight excluding hydrogens is 264 g/mol. The minimum Gasteiger partial charge on any atom is -0.478 e. The van der Waals surface area contributed by atoms with E-state index < -0.39 is 5.97 Å². The zero-order chi connectivity index (χ0) is 14.9. The van der Waals surface area contributed by atoms with Gasteiger partial charge in [-0.15, -0.1) is 0 Å². The lowest BCUT2D eigenvalue weighted by atomic mass is 9.67. The second-order valence-corrected chi connectivity index (χ2v) is 5.93. The second kappa shape index (κ2) is 5.35. The molecule has 1 aromatic heterocycles. The van der Waals surface area contributed by atoms with Gasteiger partial charge in [0.1, 0.15) is 5.56 Å². The van der Waals surface area contributed by atoms with Gasteiger partial charge in [-0.3, -0.25) is 4.98 Å². The lowest BCUT2D eigenvalue weighted by molar-refractivity contribution is 0.0697. The largest absolute Gasteiger partial charge is 0.478 e. The fraction of sp³-hybridized carbons (Fsp3) is 0.412. The molecule has 0 aliphatic heterocycles. The summed E-state index contributed by atoms with van der Waals surface area (Å²) >= 11 is 0. The van der Waals surface area contributed by atoms with Crippen LogP contribution in [-0.4, -0.2) is 22.6 Å². The maximum absolute atomic E-state index is 11.5. The smallest absolute Gasteiger partial charge is 0.339 e. The van der Waals surface area contributed by atoms with Crippen LogP contribution in [0.1, 0.15) is 43.0 Å². The lowest BCUT2D eigenvalue weighted by Crippen LogP contribution is -2.36. The van der Waals surface area contributed by atoms with E-state index in [0.717, 1.165) is 23.9 Å². The van der Waals surface area contributed by atoms with Gasteiger partial charge < -0.3 is 10.4 Å². The van der Waals surface area contributed by atoms with E-state index in [-0.39, 0.29) is 5.56 Å². The molecule has 0 bridgehead atoms. The highest BCUT2D eigenvalue weighted by molar-refractivity contribution is 6.04. The number of carboxylic acid groups (broad SMARTS) is 1. The predicted octanol–water partition coefficient (Wildman–Crippen LogP) is 3.93. The van der Waals surface area contributed by atoms with Crippen LogP contribution in [0.4, 0.5) is 5.69 Å². The highest BCUT2D eigenvalue weighted by atomic mass is 16.4. The number of carbonyl (C=O) groups is 1. The minimum atomic E-state index is -0.935. The lowest BCUT2D eigenvalue weighted by Gasteiger charge is -2.41. The minimum absolute atomic E-state index is 0.249. The highest BCUT2D eigenvalue weighted by Gasteiger charge is 2.35. The van der Waals surface area contributed by atoms with Crippen LogP contribution in [0.25, 0.3) is 10.9 Å². The molecule has 0 amide bonds. The van der Waals surface area contributed by atoms with Crippen LogP contribution in [0.15, 0.2) is 30.5 Å². The molecule has 0 atom stereocenters. The van der Waals surface area contributed by atoms with Gasteiger partial charge in [0.2, 0.25) is 0 Å². The number of benzene rings is 1. The number of rotatable bonds is 5. The van der Waals surface area contributed by atoms with Gasteiger partial charge in [0.05, 0.1) is 11.2 Å². The number of fused-ring (bicyclic) bond motifs is 1. The van der Waals surface area contributed by atoms with Gasteiger partial charge in [0.15, 0.2) is 0 Å². The van der Waals surface area contributed by atoms with Crippen LogP contribution in [0.5, 0.6) is 0 Å². The normalized spacial score (nSPS) is 16.4. The number of aromatic nitrogens is 1. The molecule has 110 valence electrons. The van der Waals surface area contributed by atoms with Gasteiger partial charge in [-0.05, 0) is 30.7 Å². The van der Waals surface area contributed by atoms with Crippen LogP contribution < -0.4 is 5.32 Å². The first kappa shape index (κ1) is 13.9. The number of para-hydroxylation sites is 1. The molecule has 0 saturated heterocycles. The van der Waals surface area contributed by atoms with Gasteiger partial charge in [-0.25, -0.2) is 4.79 Å². The van der Waals surface area contributed by atoms with Crippen molar-refractivity contribution in [2.75, 3.05) is 11.9 Å². The van der Waals surface area contributed by atoms with Crippen LogP contribution >= 0.6 is 0 Å². The Labute approximate surface area is 124 Å². The second-order valence-electron chi connectivity index (χ2n) is 5.93. The molecule has 4 heteroatoms. The van der Waals surface area contributed by atoms with Gasteiger partial charge in [0, 0.05) is 18.1 Å². The molecular formula is C17H20N2O2. The van der Waals surface area contributed by atoms with E-state index in [2.05, 4.69) is 17.2 Å². The Morgan fingerprint density at radius 2 is 2.14 bits per heavy atom. The molecule has 1 aliphatic carbocycles. The molecule has 1 fully saturated rings. The SMILES string of the molecule is CCC1(CNc2c(C(=O)O)cnc3ccccc23)CCC1. The summed E-state index contributed by atoms with van der Waals surface area (Å²) in [5.41, 5.74) is 2.11. The fourth-order valence-electron chi connectivity index (χ4n) is 3.10. The third kappa shape index (κ3) is 2.46.